The average Bonchev–Trinajstić information content (AvgIpc) is 2.03. The van der Waals surface area contributed by atoms with Crippen LogP contribution in [0.3, 0.4) is 0 Å². The monoisotopic (exact) mass is 181 g/mol. The van der Waals surface area contributed by atoms with Crippen molar-refractivity contribution in [1.29, 1.82) is 0 Å². The van der Waals surface area contributed by atoms with Gasteiger partial charge < -0.3 is 0 Å². The summed E-state index contributed by atoms with van der Waals surface area (Å²) in [6, 6.07) is 3.79. The molecule has 0 bridgehead atoms. The molecular weight excluding hydrogens is 170 g/mol. The zero-order valence-corrected chi connectivity index (χ0v) is 8.10. The van der Waals surface area contributed by atoms with Gasteiger partial charge in [-0.15, -0.1) is 0 Å². The summed E-state index contributed by atoms with van der Waals surface area (Å²) in [5, 5.41) is 0.557. The SMILES string of the molecule is CC/C=C\c1ccc(Cl)nc1C. The number of nitrogens with zero attached hydrogens (tertiary/aromatic N) is 1. The van der Waals surface area contributed by atoms with Crippen molar-refractivity contribution < 1.29 is 0 Å². The van der Waals surface area contributed by atoms with Crippen molar-refractivity contribution in [3.05, 3.63) is 34.6 Å². The van der Waals surface area contributed by atoms with Gasteiger partial charge in [0.25, 0.3) is 0 Å². The molecule has 12 heavy (non-hydrogen) atoms. The first kappa shape index (κ1) is 9.27. The lowest BCUT2D eigenvalue weighted by atomic mass is 10.2. The smallest absolute Gasteiger partial charge is 0.129 e. The molecule has 1 aromatic rings. The Kier molecular flexibility index (Phi) is 3.30. The number of halogens is 1. The van der Waals surface area contributed by atoms with Crippen LogP contribution in [0.4, 0.5) is 0 Å². The molecule has 0 unspecified atom stereocenters. The Balaban J connectivity index is 2.94. The fourth-order valence-electron chi connectivity index (χ4n) is 0.962. The van der Waals surface area contributed by atoms with Crippen LogP contribution in [0.2, 0.25) is 5.15 Å². The van der Waals surface area contributed by atoms with Gasteiger partial charge in [-0.2, -0.15) is 0 Å². The largest absolute Gasteiger partial charge is 0.241 e. The third-order valence-electron chi connectivity index (χ3n) is 1.63. The third kappa shape index (κ3) is 2.35. The highest BCUT2D eigenvalue weighted by atomic mass is 35.5. The second-order valence-electron chi connectivity index (χ2n) is 2.62. The maximum absolute atomic E-state index is 5.72. The minimum atomic E-state index is 0.557. The molecule has 0 amide bonds. The van der Waals surface area contributed by atoms with E-state index in [2.05, 4.69) is 24.1 Å². The molecular formula is C10H12ClN. The summed E-state index contributed by atoms with van der Waals surface area (Å²) in [5.74, 6) is 0. The van der Waals surface area contributed by atoms with Crippen LogP contribution in [0.5, 0.6) is 0 Å². The van der Waals surface area contributed by atoms with E-state index in [1.165, 1.54) is 0 Å². The van der Waals surface area contributed by atoms with Gasteiger partial charge in [-0.05, 0) is 25.0 Å². The molecule has 1 nitrogen and oxygen atoms in total. The Bertz CT molecular complexity index is 292. The Labute approximate surface area is 78.1 Å². The van der Waals surface area contributed by atoms with E-state index in [0.717, 1.165) is 17.7 Å². The summed E-state index contributed by atoms with van der Waals surface area (Å²) < 4.78 is 0. The number of hydrogen-bond acceptors (Lipinski definition) is 1. The minimum absolute atomic E-state index is 0.557. The second kappa shape index (κ2) is 4.27. The maximum atomic E-state index is 5.72. The average molecular weight is 182 g/mol. The maximum Gasteiger partial charge on any atom is 0.129 e. The molecule has 0 N–H and O–H groups in total. The van der Waals surface area contributed by atoms with Gasteiger partial charge in [0.15, 0.2) is 0 Å². The van der Waals surface area contributed by atoms with Crippen LogP contribution in [0.15, 0.2) is 18.2 Å². The van der Waals surface area contributed by atoms with Crippen LogP contribution < -0.4 is 0 Å². The zero-order chi connectivity index (χ0) is 8.97. The van der Waals surface area contributed by atoms with Crippen LogP contribution in [0, 0.1) is 6.92 Å². The fourth-order valence-corrected chi connectivity index (χ4v) is 1.15. The summed E-state index contributed by atoms with van der Waals surface area (Å²) >= 11 is 5.72. The second-order valence-corrected chi connectivity index (χ2v) is 3.01. The lowest BCUT2D eigenvalue weighted by Crippen LogP contribution is -1.85. The molecule has 0 spiro atoms. The van der Waals surface area contributed by atoms with E-state index in [9.17, 15) is 0 Å². The van der Waals surface area contributed by atoms with Gasteiger partial charge >= 0.3 is 0 Å². The lowest BCUT2D eigenvalue weighted by molar-refractivity contribution is 1.18. The quantitative estimate of drug-likeness (QED) is 0.637. The highest BCUT2D eigenvalue weighted by Gasteiger charge is 1.95. The number of allylic oxidation sites excluding steroid dienone is 1. The van der Waals surface area contributed by atoms with Gasteiger partial charge in [-0.3, -0.25) is 0 Å². The van der Waals surface area contributed by atoms with Gasteiger partial charge in [0.1, 0.15) is 5.15 Å². The summed E-state index contributed by atoms with van der Waals surface area (Å²) in [5.41, 5.74) is 2.12. The number of aryl methyl sites for hydroxylation is 1. The first-order valence-corrected chi connectivity index (χ1v) is 4.41. The zero-order valence-electron chi connectivity index (χ0n) is 7.34. The number of hydrogen-bond donors (Lipinski definition) is 0. The van der Waals surface area contributed by atoms with Gasteiger partial charge in [-0.1, -0.05) is 36.7 Å². The molecule has 0 aromatic carbocycles. The first-order valence-electron chi connectivity index (χ1n) is 4.03. The van der Waals surface area contributed by atoms with E-state index in [4.69, 9.17) is 11.6 Å². The van der Waals surface area contributed by atoms with Crippen molar-refractivity contribution in [2.75, 3.05) is 0 Å². The molecule has 0 radical (unpaired) electrons. The number of pyridine rings is 1. The molecule has 1 rings (SSSR count). The van der Waals surface area contributed by atoms with Gasteiger partial charge in [0, 0.05) is 5.69 Å². The van der Waals surface area contributed by atoms with Crippen LogP contribution in [-0.4, -0.2) is 4.98 Å². The van der Waals surface area contributed by atoms with Crippen LogP contribution >= 0.6 is 11.6 Å². The van der Waals surface area contributed by atoms with Gasteiger partial charge in [0.2, 0.25) is 0 Å². The molecule has 2 heteroatoms. The molecule has 0 saturated heterocycles. The Morgan fingerprint density at radius 2 is 2.25 bits per heavy atom. The van der Waals surface area contributed by atoms with Crippen molar-refractivity contribution in [3.8, 4) is 0 Å². The molecule has 0 aliphatic heterocycles. The van der Waals surface area contributed by atoms with E-state index in [1.54, 1.807) is 0 Å². The summed E-state index contributed by atoms with van der Waals surface area (Å²) in [4.78, 5) is 4.14. The predicted molar refractivity (Wildman–Crippen MR) is 53.3 cm³/mol. The van der Waals surface area contributed by atoms with E-state index in [0.29, 0.717) is 5.15 Å². The van der Waals surface area contributed by atoms with Crippen LogP contribution in [0.1, 0.15) is 24.6 Å². The van der Waals surface area contributed by atoms with E-state index >= 15 is 0 Å². The third-order valence-corrected chi connectivity index (χ3v) is 1.84. The highest BCUT2D eigenvalue weighted by Crippen LogP contribution is 2.12. The Morgan fingerprint density at radius 3 is 2.83 bits per heavy atom. The molecule has 0 fully saturated rings. The van der Waals surface area contributed by atoms with E-state index in [-0.39, 0.29) is 0 Å². The normalized spacial score (nSPS) is 10.9. The first-order chi connectivity index (χ1) is 5.74. The topological polar surface area (TPSA) is 12.9 Å². The highest BCUT2D eigenvalue weighted by molar-refractivity contribution is 6.29. The summed E-state index contributed by atoms with van der Waals surface area (Å²) in [7, 11) is 0. The van der Waals surface area contributed by atoms with Crippen LogP contribution in [0.25, 0.3) is 6.08 Å². The summed E-state index contributed by atoms with van der Waals surface area (Å²) in [6.45, 7) is 4.07. The Hall–Kier alpha value is -0.820. The van der Waals surface area contributed by atoms with Crippen LogP contribution in [-0.2, 0) is 0 Å². The van der Waals surface area contributed by atoms with Crippen molar-refractivity contribution in [2.45, 2.75) is 20.3 Å². The van der Waals surface area contributed by atoms with Gasteiger partial charge in [-0.25, -0.2) is 4.98 Å². The number of rotatable bonds is 2. The molecule has 1 heterocycles. The minimum Gasteiger partial charge on any atom is -0.241 e. The molecule has 1 aromatic heterocycles. The molecule has 0 aliphatic carbocycles. The summed E-state index contributed by atoms with van der Waals surface area (Å²) in [6.07, 6.45) is 5.22. The van der Waals surface area contributed by atoms with Crippen molar-refractivity contribution >= 4 is 17.7 Å². The Morgan fingerprint density at radius 1 is 1.50 bits per heavy atom. The fraction of sp³-hybridized carbons (Fsp3) is 0.300. The van der Waals surface area contributed by atoms with E-state index < -0.39 is 0 Å². The van der Waals surface area contributed by atoms with Gasteiger partial charge in [0.05, 0.1) is 0 Å². The molecule has 0 aliphatic rings. The number of aromatic nitrogens is 1. The predicted octanol–water partition coefficient (Wildman–Crippen LogP) is 3.47. The molecule has 0 atom stereocenters. The lowest BCUT2D eigenvalue weighted by Gasteiger charge is -1.98. The molecule has 64 valence electrons. The standard InChI is InChI=1S/C10H12ClN/c1-3-4-5-9-6-7-10(11)12-8(9)2/h4-7H,3H2,1-2H3/b5-4-. The van der Waals surface area contributed by atoms with Crippen molar-refractivity contribution in [3.63, 3.8) is 0 Å². The molecule has 0 saturated carbocycles. The van der Waals surface area contributed by atoms with Crippen molar-refractivity contribution in [2.24, 2.45) is 0 Å². The van der Waals surface area contributed by atoms with Crippen molar-refractivity contribution in [1.82, 2.24) is 4.98 Å². The van der Waals surface area contributed by atoms with E-state index in [1.807, 2.05) is 19.1 Å².